The highest BCUT2D eigenvalue weighted by Crippen LogP contribution is 2.17. The summed E-state index contributed by atoms with van der Waals surface area (Å²) in [5.74, 6) is 0.501. The fourth-order valence-corrected chi connectivity index (χ4v) is 1.46. The molecule has 0 aliphatic rings. The van der Waals surface area contributed by atoms with Crippen LogP contribution in [-0.2, 0) is 6.54 Å². The molecule has 8 nitrogen and oxygen atoms in total. The quantitative estimate of drug-likeness (QED) is 0.719. The van der Waals surface area contributed by atoms with Crippen molar-refractivity contribution in [2.24, 2.45) is 0 Å². The number of methoxy groups -OCH3 is 1. The molecular formula is C11H13N5O3. The predicted molar refractivity (Wildman–Crippen MR) is 66.6 cm³/mol. The number of nitrogens with zero attached hydrogens (tertiary/aromatic N) is 4. The van der Waals surface area contributed by atoms with Gasteiger partial charge in [-0.25, -0.2) is 4.98 Å². The molecule has 0 aliphatic carbocycles. The Hall–Kier alpha value is -2.48. The van der Waals surface area contributed by atoms with Crippen LogP contribution < -0.4 is 10.1 Å². The van der Waals surface area contributed by atoms with Crippen molar-refractivity contribution in [1.29, 1.82) is 0 Å². The van der Waals surface area contributed by atoms with Gasteiger partial charge in [0, 0.05) is 12.4 Å². The lowest BCUT2D eigenvalue weighted by Gasteiger charge is -2.05. The number of hydrogen-bond acceptors (Lipinski definition) is 7. The molecule has 0 unspecified atom stereocenters. The molecule has 19 heavy (non-hydrogen) atoms. The van der Waals surface area contributed by atoms with E-state index in [0.717, 1.165) is 0 Å². The zero-order valence-electron chi connectivity index (χ0n) is 10.3. The average molecular weight is 263 g/mol. The summed E-state index contributed by atoms with van der Waals surface area (Å²) < 4.78 is 6.56. The zero-order chi connectivity index (χ0) is 13.7. The summed E-state index contributed by atoms with van der Waals surface area (Å²) in [5.41, 5.74) is 0.957. The van der Waals surface area contributed by atoms with E-state index in [0.29, 0.717) is 24.5 Å². The van der Waals surface area contributed by atoms with Crippen LogP contribution in [-0.4, -0.2) is 44.9 Å². The van der Waals surface area contributed by atoms with Crippen LogP contribution in [0, 0.1) is 0 Å². The van der Waals surface area contributed by atoms with Crippen LogP contribution in [0.15, 0.2) is 18.6 Å². The highest BCUT2D eigenvalue weighted by Gasteiger charge is 2.07. The van der Waals surface area contributed by atoms with E-state index in [1.165, 1.54) is 13.3 Å². The second-order valence-corrected chi connectivity index (χ2v) is 3.62. The second-order valence-electron chi connectivity index (χ2n) is 3.62. The van der Waals surface area contributed by atoms with Gasteiger partial charge >= 0.3 is 0 Å². The Balaban J connectivity index is 2.15. The molecular weight excluding hydrogens is 250 g/mol. The lowest BCUT2D eigenvalue weighted by molar-refractivity contribution is 0.111. The first-order chi connectivity index (χ1) is 9.26. The smallest absolute Gasteiger partial charge is 0.230 e. The Labute approximate surface area is 109 Å². The maximum Gasteiger partial charge on any atom is 0.230 e. The first-order valence-electron chi connectivity index (χ1n) is 5.53. The molecule has 2 aromatic rings. The number of carbonyl (C=O) groups excluding carboxylic acids is 1. The third-order valence-corrected chi connectivity index (χ3v) is 2.32. The molecule has 0 aromatic carbocycles. The number of hydrogen-bond donors (Lipinski definition) is 2. The van der Waals surface area contributed by atoms with E-state index in [9.17, 15) is 4.79 Å². The van der Waals surface area contributed by atoms with E-state index in [-0.39, 0.29) is 18.1 Å². The molecule has 0 saturated carbocycles. The number of ether oxygens (including phenoxy) is 1. The minimum absolute atomic E-state index is 0.0134. The minimum atomic E-state index is 0.0134. The number of aldehydes is 1. The van der Waals surface area contributed by atoms with Crippen LogP contribution in [0.25, 0.3) is 0 Å². The predicted octanol–water partition coefficient (Wildman–Crippen LogP) is 0.230. The Morgan fingerprint density at radius 3 is 3.05 bits per heavy atom. The molecule has 8 heteroatoms. The van der Waals surface area contributed by atoms with E-state index < -0.39 is 0 Å². The van der Waals surface area contributed by atoms with Crippen molar-refractivity contribution < 1.29 is 14.6 Å². The molecule has 0 saturated heterocycles. The van der Waals surface area contributed by atoms with Crippen molar-refractivity contribution >= 4 is 17.9 Å². The molecule has 0 fully saturated rings. The van der Waals surface area contributed by atoms with Crippen molar-refractivity contribution in [3.63, 3.8) is 0 Å². The topological polar surface area (TPSA) is 102 Å². The summed E-state index contributed by atoms with van der Waals surface area (Å²) in [6.07, 6.45) is 5.29. The van der Waals surface area contributed by atoms with E-state index in [1.54, 1.807) is 17.1 Å². The van der Waals surface area contributed by atoms with E-state index in [1.807, 2.05) is 0 Å². The SMILES string of the molecule is COc1nc(Nc2cnn(CCO)c2)ncc1C=O. The van der Waals surface area contributed by atoms with Crippen LogP contribution in [0.1, 0.15) is 10.4 Å². The number of aliphatic hydroxyl groups is 1. The van der Waals surface area contributed by atoms with Crippen LogP contribution in [0.3, 0.4) is 0 Å². The van der Waals surface area contributed by atoms with Gasteiger partial charge in [-0.15, -0.1) is 0 Å². The molecule has 2 N–H and O–H groups in total. The standard InChI is InChI=1S/C11H13N5O3/c1-19-10-8(7-18)4-12-11(15-10)14-9-5-13-16(6-9)2-3-17/h4-7,17H,2-3H2,1H3,(H,12,14,15). The summed E-state index contributed by atoms with van der Waals surface area (Å²) >= 11 is 0. The first-order valence-corrected chi connectivity index (χ1v) is 5.53. The highest BCUT2D eigenvalue weighted by atomic mass is 16.5. The number of nitrogens with one attached hydrogen (secondary N) is 1. The normalized spacial score (nSPS) is 10.2. The molecule has 2 heterocycles. The lowest BCUT2D eigenvalue weighted by atomic mass is 10.3. The Kier molecular flexibility index (Phi) is 4.04. The first kappa shape index (κ1) is 13.0. The average Bonchev–Trinajstić information content (AvgIpc) is 2.86. The number of rotatable bonds is 6. The van der Waals surface area contributed by atoms with Gasteiger partial charge in [0.15, 0.2) is 6.29 Å². The molecule has 2 rings (SSSR count). The largest absolute Gasteiger partial charge is 0.480 e. The zero-order valence-corrected chi connectivity index (χ0v) is 10.3. The Morgan fingerprint density at radius 2 is 2.37 bits per heavy atom. The molecule has 0 amide bonds. The van der Waals surface area contributed by atoms with Gasteiger partial charge in [0.1, 0.15) is 0 Å². The van der Waals surface area contributed by atoms with Gasteiger partial charge in [-0.2, -0.15) is 10.1 Å². The van der Waals surface area contributed by atoms with Crippen LogP contribution >= 0.6 is 0 Å². The molecule has 0 spiro atoms. The Morgan fingerprint density at radius 1 is 1.53 bits per heavy atom. The fraction of sp³-hybridized carbons (Fsp3) is 0.273. The van der Waals surface area contributed by atoms with Crippen LogP contribution in [0.5, 0.6) is 5.88 Å². The number of anilines is 2. The maximum atomic E-state index is 10.7. The van der Waals surface area contributed by atoms with Crippen molar-refractivity contribution in [2.45, 2.75) is 6.54 Å². The summed E-state index contributed by atoms with van der Waals surface area (Å²) in [6, 6.07) is 0. The molecule has 0 aliphatic heterocycles. The van der Waals surface area contributed by atoms with Crippen molar-refractivity contribution in [3.8, 4) is 5.88 Å². The summed E-state index contributed by atoms with van der Waals surface area (Å²) in [4.78, 5) is 18.8. The van der Waals surface area contributed by atoms with E-state index in [4.69, 9.17) is 9.84 Å². The van der Waals surface area contributed by atoms with Gasteiger partial charge in [-0.3, -0.25) is 9.48 Å². The minimum Gasteiger partial charge on any atom is -0.480 e. The second kappa shape index (κ2) is 5.91. The molecule has 2 aromatic heterocycles. The van der Waals surface area contributed by atoms with Crippen molar-refractivity contribution in [3.05, 3.63) is 24.2 Å². The van der Waals surface area contributed by atoms with E-state index >= 15 is 0 Å². The van der Waals surface area contributed by atoms with Gasteiger partial charge < -0.3 is 15.2 Å². The van der Waals surface area contributed by atoms with E-state index in [2.05, 4.69) is 20.4 Å². The summed E-state index contributed by atoms with van der Waals surface area (Å²) in [6.45, 7) is 0.426. The summed E-state index contributed by atoms with van der Waals surface area (Å²) in [5, 5.41) is 15.7. The Bertz CT molecular complexity index is 569. The van der Waals surface area contributed by atoms with Gasteiger partial charge in [0.2, 0.25) is 11.8 Å². The van der Waals surface area contributed by atoms with Gasteiger partial charge in [-0.05, 0) is 0 Å². The number of aromatic nitrogens is 4. The van der Waals surface area contributed by atoms with Crippen LogP contribution in [0.4, 0.5) is 11.6 Å². The highest BCUT2D eigenvalue weighted by molar-refractivity contribution is 5.78. The fourth-order valence-electron chi connectivity index (χ4n) is 1.46. The third-order valence-electron chi connectivity index (χ3n) is 2.32. The van der Waals surface area contributed by atoms with Crippen LogP contribution in [0.2, 0.25) is 0 Å². The van der Waals surface area contributed by atoms with Gasteiger partial charge in [0.25, 0.3) is 0 Å². The summed E-state index contributed by atoms with van der Waals surface area (Å²) in [7, 11) is 1.43. The molecule has 0 atom stereocenters. The molecule has 100 valence electrons. The number of aliphatic hydroxyl groups excluding tert-OH is 1. The maximum absolute atomic E-state index is 10.7. The third kappa shape index (κ3) is 3.05. The van der Waals surface area contributed by atoms with Gasteiger partial charge in [0.05, 0.1) is 37.7 Å². The van der Waals surface area contributed by atoms with Crippen molar-refractivity contribution in [1.82, 2.24) is 19.7 Å². The molecule has 0 radical (unpaired) electrons. The number of carbonyl (C=O) groups is 1. The van der Waals surface area contributed by atoms with Crippen molar-refractivity contribution in [2.75, 3.05) is 19.0 Å². The van der Waals surface area contributed by atoms with Gasteiger partial charge in [-0.1, -0.05) is 0 Å². The lowest BCUT2D eigenvalue weighted by Crippen LogP contribution is -2.02. The molecule has 0 bridgehead atoms. The monoisotopic (exact) mass is 263 g/mol.